The van der Waals surface area contributed by atoms with Crippen molar-refractivity contribution in [3.05, 3.63) is 42.2 Å². The van der Waals surface area contributed by atoms with Crippen LogP contribution in [0.2, 0.25) is 0 Å². The van der Waals surface area contributed by atoms with Gasteiger partial charge in [-0.3, -0.25) is 0 Å². The van der Waals surface area contributed by atoms with Crippen LogP contribution in [-0.2, 0) is 6.54 Å². The van der Waals surface area contributed by atoms with Crippen molar-refractivity contribution in [2.24, 2.45) is 5.73 Å². The molecule has 0 unspecified atom stereocenters. The third kappa shape index (κ3) is 1.01. The zero-order valence-electron chi connectivity index (χ0n) is 6.20. The summed E-state index contributed by atoms with van der Waals surface area (Å²) in [5.74, 6) is 0. The van der Waals surface area contributed by atoms with Crippen molar-refractivity contribution in [3.63, 3.8) is 0 Å². The van der Waals surface area contributed by atoms with Gasteiger partial charge >= 0.3 is 0 Å². The first-order valence-electron chi connectivity index (χ1n) is 3.66. The number of nitrogens with two attached hydrogens (primary N) is 1. The molecule has 56 valence electrons. The lowest BCUT2D eigenvalue weighted by Crippen LogP contribution is -1.92. The quantitative estimate of drug-likeness (QED) is 0.647. The Morgan fingerprint density at radius 2 is 2.27 bits per heavy atom. The smallest absolute Gasteiger partial charge is 0.0453 e. The van der Waals surface area contributed by atoms with Gasteiger partial charge in [-0.05, 0) is 23.8 Å². The fraction of sp³-hybridized carbons (Fsp3) is 0.111. The predicted octanol–water partition coefficient (Wildman–Crippen LogP) is 1.40. The normalized spacial score (nSPS) is 10.6. The van der Waals surface area contributed by atoms with E-state index < -0.39 is 0 Å². The van der Waals surface area contributed by atoms with E-state index in [9.17, 15) is 0 Å². The molecule has 2 N–H and O–H groups in total. The molecule has 2 rings (SSSR count). The average molecular weight is 146 g/mol. The van der Waals surface area contributed by atoms with Gasteiger partial charge in [-0.2, -0.15) is 0 Å². The Balaban J connectivity index is 2.69. The molecule has 2 aromatic rings. The Labute approximate surface area is 65.3 Å². The maximum Gasteiger partial charge on any atom is 0.0453 e. The minimum Gasteiger partial charge on any atom is -0.326 e. The summed E-state index contributed by atoms with van der Waals surface area (Å²) in [6, 6.07) is 8.20. The number of hydrogen-bond acceptors (Lipinski definition) is 1. The standard InChI is InChI=1S/C9H10N2/c10-6-8-5-9-3-1-2-4-11(9)7-8/h1-5,7H,6,10H2. The topological polar surface area (TPSA) is 30.4 Å². The number of rotatable bonds is 1. The molecule has 0 aliphatic heterocycles. The van der Waals surface area contributed by atoms with Gasteiger partial charge in [0, 0.05) is 24.5 Å². The van der Waals surface area contributed by atoms with Crippen LogP contribution in [0.1, 0.15) is 5.56 Å². The highest BCUT2D eigenvalue weighted by molar-refractivity contribution is 5.49. The SMILES string of the molecule is NCc1cc2ccccn2c1. The Bertz CT molecular complexity index is 329. The maximum absolute atomic E-state index is 5.50. The van der Waals surface area contributed by atoms with Crippen LogP contribution < -0.4 is 5.73 Å². The Morgan fingerprint density at radius 3 is 3.00 bits per heavy atom. The fourth-order valence-electron chi connectivity index (χ4n) is 1.23. The van der Waals surface area contributed by atoms with Crippen LogP contribution in [0.5, 0.6) is 0 Å². The number of hydrogen-bond donors (Lipinski definition) is 1. The molecule has 0 spiro atoms. The third-order valence-corrected chi connectivity index (χ3v) is 1.80. The molecule has 0 amide bonds. The van der Waals surface area contributed by atoms with Gasteiger partial charge in [0.25, 0.3) is 0 Å². The molecule has 2 heterocycles. The lowest BCUT2D eigenvalue weighted by atomic mass is 10.3. The molecular formula is C9H10N2. The molecule has 0 aliphatic rings. The van der Waals surface area contributed by atoms with Gasteiger partial charge in [0.05, 0.1) is 0 Å². The van der Waals surface area contributed by atoms with Gasteiger partial charge in [-0.1, -0.05) is 6.07 Å². The van der Waals surface area contributed by atoms with E-state index in [0.29, 0.717) is 6.54 Å². The van der Waals surface area contributed by atoms with E-state index in [1.54, 1.807) is 0 Å². The van der Waals surface area contributed by atoms with E-state index in [2.05, 4.69) is 22.7 Å². The molecular weight excluding hydrogens is 136 g/mol. The van der Waals surface area contributed by atoms with E-state index in [4.69, 9.17) is 5.73 Å². The third-order valence-electron chi connectivity index (χ3n) is 1.80. The highest BCUT2D eigenvalue weighted by Crippen LogP contribution is 2.07. The zero-order valence-corrected chi connectivity index (χ0v) is 6.20. The summed E-state index contributed by atoms with van der Waals surface area (Å²) in [7, 11) is 0. The van der Waals surface area contributed by atoms with Gasteiger partial charge < -0.3 is 10.1 Å². The van der Waals surface area contributed by atoms with E-state index in [1.807, 2.05) is 18.3 Å². The van der Waals surface area contributed by atoms with Gasteiger partial charge in [0.15, 0.2) is 0 Å². The van der Waals surface area contributed by atoms with Crippen LogP contribution >= 0.6 is 0 Å². The van der Waals surface area contributed by atoms with Crippen molar-refractivity contribution in [1.29, 1.82) is 0 Å². The number of aromatic nitrogens is 1. The molecule has 0 saturated carbocycles. The van der Waals surface area contributed by atoms with E-state index >= 15 is 0 Å². The van der Waals surface area contributed by atoms with Crippen molar-refractivity contribution >= 4 is 5.52 Å². The molecule has 0 radical (unpaired) electrons. The molecule has 0 aliphatic carbocycles. The summed E-state index contributed by atoms with van der Waals surface area (Å²) in [5, 5.41) is 0. The number of fused-ring (bicyclic) bond motifs is 1. The van der Waals surface area contributed by atoms with Gasteiger partial charge in [-0.25, -0.2) is 0 Å². The molecule has 0 aromatic carbocycles. The molecule has 0 bridgehead atoms. The monoisotopic (exact) mass is 146 g/mol. The highest BCUT2D eigenvalue weighted by Gasteiger charge is 1.94. The number of nitrogens with zero attached hydrogens (tertiary/aromatic N) is 1. The second-order valence-electron chi connectivity index (χ2n) is 2.59. The van der Waals surface area contributed by atoms with Crippen molar-refractivity contribution in [2.45, 2.75) is 6.54 Å². The van der Waals surface area contributed by atoms with Crippen LogP contribution in [0.15, 0.2) is 36.7 Å². The largest absolute Gasteiger partial charge is 0.326 e. The minimum atomic E-state index is 0.613. The van der Waals surface area contributed by atoms with Crippen LogP contribution in [-0.4, -0.2) is 4.40 Å². The summed E-state index contributed by atoms with van der Waals surface area (Å²) < 4.78 is 2.07. The average Bonchev–Trinajstić information content (AvgIpc) is 2.46. The van der Waals surface area contributed by atoms with Crippen LogP contribution in [0.4, 0.5) is 0 Å². The predicted molar refractivity (Wildman–Crippen MR) is 45.3 cm³/mol. The summed E-state index contributed by atoms with van der Waals surface area (Å²) in [4.78, 5) is 0. The molecule has 11 heavy (non-hydrogen) atoms. The lowest BCUT2D eigenvalue weighted by molar-refractivity contribution is 1.06. The minimum absolute atomic E-state index is 0.613. The van der Waals surface area contributed by atoms with Crippen LogP contribution in [0, 0.1) is 0 Å². The Kier molecular flexibility index (Phi) is 1.40. The van der Waals surface area contributed by atoms with Crippen molar-refractivity contribution in [1.82, 2.24) is 4.40 Å². The summed E-state index contributed by atoms with van der Waals surface area (Å²) >= 11 is 0. The molecule has 0 atom stereocenters. The first-order chi connectivity index (χ1) is 5.40. The van der Waals surface area contributed by atoms with E-state index in [1.165, 1.54) is 11.1 Å². The van der Waals surface area contributed by atoms with Crippen molar-refractivity contribution < 1.29 is 0 Å². The van der Waals surface area contributed by atoms with E-state index in [0.717, 1.165) is 0 Å². The van der Waals surface area contributed by atoms with Crippen LogP contribution in [0.25, 0.3) is 5.52 Å². The van der Waals surface area contributed by atoms with E-state index in [-0.39, 0.29) is 0 Å². The maximum atomic E-state index is 5.50. The summed E-state index contributed by atoms with van der Waals surface area (Å²) in [5.41, 5.74) is 7.88. The highest BCUT2D eigenvalue weighted by atomic mass is 14.9. The number of pyridine rings is 1. The second kappa shape index (κ2) is 2.40. The van der Waals surface area contributed by atoms with Crippen molar-refractivity contribution in [3.8, 4) is 0 Å². The lowest BCUT2D eigenvalue weighted by Gasteiger charge is -1.88. The Hall–Kier alpha value is -1.28. The molecule has 2 aromatic heterocycles. The first-order valence-corrected chi connectivity index (χ1v) is 3.66. The van der Waals surface area contributed by atoms with Crippen molar-refractivity contribution in [2.75, 3.05) is 0 Å². The fourth-order valence-corrected chi connectivity index (χ4v) is 1.23. The molecule has 2 nitrogen and oxygen atoms in total. The molecule has 2 heteroatoms. The van der Waals surface area contributed by atoms with Crippen LogP contribution in [0.3, 0.4) is 0 Å². The van der Waals surface area contributed by atoms with Gasteiger partial charge in [0.2, 0.25) is 0 Å². The van der Waals surface area contributed by atoms with Gasteiger partial charge in [0.1, 0.15) is 0 Å². The summed E-state index contributed by atoms with van der Waals surface area (Å²) in [6.45, 7) is 0.613. The first kappa shape index (κ1) is 6.43. The summed E-state index contributed by atoms with van der Waals surface area (Å²) in [6.07, 6.45) is 4.07. The molecule has 0 fully saturated rings. The van der Waals surface area contributed by atoms with Gasteiger partial charge in [-0.15, -0.1) is 0 Å². The zero-order chi connectivity index (χ0) is 7.68. The second-order valence-corrected chi connectivity index (χ2v) is 2.59. The molecule has 0 saturated heterocycles. The Morgan fingerprint density at radius 1 is 1.36 bits per heavy atom.